The van der Waals surface area contributed by atoms with E-state index in [4.69, 9.17) is 29.1 Å². The average Bonchev–Trinajstić information content (AvgIpc) is 3.06. The van der Waals surface area contributed by atoms with Crippen molar-refractivity contribution in [3.05, 3.63) is 173 Å². The number of carbonyl (C=O) groups is 4. The van der Waals surface area contributed by atoms with Gasteiger partial charge in [0.1, 0.15) is 65.3 Å². The van der Waals surface area contributed by atoms with E-state index in [1.165, 1.54) is 44.2 Å². The number of urea groups is 1. The summed E-state index contributed by atoms with van der Waals surface area (Å²) in [5.74, 6) is 2.15. The number of ether oxygens (including phenoxy) is 4. The van der Waals surface area contributed by atoms with E-state index in [1.54, 1.807) is 29.1 Å². The molecule has 4 aromatic heterocycles. The van der Waals surface area contributed by atoms with Crippen LogP contribution < -0.4 is 36.1 Å². The van der Waals surface area contributed by atoms with Crippen molar-refractivity contribution >= 4 is 52.7 Å². The zero-order chi connectivity index (χ0) is 57.4. The number of nitrogens with zero attached hydrogens (tertiary/aromatic N) is 6. The van der Waals surface area contributed by atoms with Gasteiger partial charge in [0.15, 0.2) is 0 Å². The molecule has 0 spiro atoms. The number of rotatable bonds is 17. The maximum atomic E-state index is 15.0. The molecule has 0 saturated carbocycles. The summed E-state index contributed by atoms with van der Waals surface area (Å²) >= 11 is 0. The molecule has 0 bridgehead atoms. The number of hydrogen-bond donors (Lipinski definition) is 5. The summed E-state index contributed by atoms with van der Waals surface area (Å²) in [6.45, 7) is 12.6. The number of aromatic nitrogens is 6. The molecule has 418 valence electrons. The SMILES string of the molecule is COCC(=O)Nc1cc(Oc2ccc(CC(=O)Nc3c4c(nn3-c3ccc(C)cc3)C(C)(C)CC4)cc2)ccn1.COCC(=O)Nc1cc(Oc2ccc(NC(=O)Nc3c4c(nn3-c3ccc(C)cc3)C(C)(C)CC4)c(F)c2)ccn1. The van der Waals surface area contributed by atoms with E-state index < -0.39 is 11.8 Å². The van der Waals surface area contributed by atoms with Crippen molar-refractivity contribution in [3.63, 3.8) is 0 Å². The fourth-order valence-electron chi connectivity index (χ4n) is 9.51. The molecule has 0 atom stereocenters. The molecule has 4 heterocycles. The highest BCUT2D eigenvalue weighted by atomic mass is 19.1. The van der Waals surface area contributed by atoms with Gasteiger partial charge in [0.2, 0.25) is 5.91 Å². The number of hydrogen-bond acceptors (Lipinski definition) is 12. The van der Waals surface area contributed by atoms with Crippen LogP contribution in [0.4, 0.5) is 38.1 Å². The van der Waals surface area contributed by atoms with Crippen molar-refractivity contribution in [1.82, 2.24) is 29.5 Å². The van der Waals surface area contributed by atoms with Crippen LogP contribution in [-0.2, 0) is 53.9 Å². The largest absolute Gasteiger partial charge is 0.457 e. The second-order valence-corrected chi connectivity index (χ2v) is 21.1. The van der Waals surface area contributed by atoms with Crippen molar-refractivity contribution in [1.29, 1.82) is 0 Å². The molecule has 8 aromatic rings. The summed E-state index contributed by atoms with van der Waals surface area (Å²) < 4.78 is 39.9. The molecule has 0 fully saturated rings. The van der Waals surface area contributed by atoms with Crippen molar-refractivity contribution < 1.29 is 42.5 Å². The van der Waals surface area contributed by atoms with Gasteiger partial charge in [-0.2, -0.15) is 10.2 Å². The van der Waals surface area contributed by atoms with E-state index in [1.807, 2.05) is 91.3 Å². The molecule has 0 saturated heterocycles. The molecule has 20 heteroatoms. The Balaban J connectivity index is 0.000000196. The normalized spacial score (nSPS) is 13.4. The summed E-state index contributed by atoms with van der Waals surface area (Å²) in [5, 5.41) is 23.7. The van der Waals surface area contributed by atoms with Crippen LogP contribution in [0.5, 0.6) is 23.0 Å². The lowest BCUT2D eigenvalue weighted by Crippen LogP contribution is -2.22. The van der Waals surface area contributed by atoms with Gasteiger partial charge in [-0.3, -0.25) is 19.7 Å². The number of fused-ring (bicyclic) bond motifs is 2. The van der Waals surface area contributed by atoms with E-state index in [-0.39, 0.29) is 65.4 Å². The van der Waals surface area contributed by atoms with E-state index in [9.17, 15) is 19.2 Å². The Hall–Kier alpha value is -9.27. The van der Waals surface area contributed by atoms with E-state index in [0.29, 0.717) is 28.9 Å². The first-order valence-corrected chi connectivity index (χ1v) is 26.4. The fraction of sp³-hybridized carbons (Fsp3) is 0.279. The van der Waals surface area contributed by atoms with Crippen molar-refractivity contribution in [2.75, 3.05) is 54.0 Å². The molecule has 4 aromatic carbocycles. The van der Waals surface area contributed by atoms with Crippen molar-refractivity contribution in [3.8, 4) is 34.4 Å². The number of nitrogens with one attached hydrogen (secondary N) is 5. The van der Waals surface area contributed by atoms with Gasteiger partial charge in [-0.1, -0.05) is 75.2 Å². The van der Waals surface area contributed by atoms with E-state index >= 15 is 4.39 Å². The maximum absolute atomic E-state index is 15.0. The van der Waals surface area contributed by atoms with Crippen LogP contribution >= 0.6 is 0 Å². The Bertz CT molecular complexity index is 3600. The van der Waals surface area contributed by atoms with E-state index in [0.717, 1.165) is 82.6 Å². The second kappa shape index (κ2) is 24.4. The first-order valence-electron chi connectivity index (χ1n) is 26.4. The summed E-state index contributed by atoms with van der Waals surface area (Å²) in [7, 11) is 2.86. The third-order valence-corrected chi connectivity index (χ3v) is 13.8. The van der Waals surface area contributed by atoms with Crippen LogP contribution in [0.2, 0.25) is 0 Å². The number of carbonyl (C=O) groups excluding carboxylic acids is 4. The van der Waals surface area contributed by atoms with Crippen LogP contribution in [0.1, 0.15) is 79.7 Å². The fourth-order valence-corrected chi connectivity index (χ4v) is 9.51. The Labute approximate surface area is 468 Å². The molecule has 10 rings (SSSR count). The number of pyridine rings is 2. The quantitative estimate of drug-likeness (QED) is 0.0574. The number of aryl methyl sites for hydroxylation is 2. The highest BCUT2D eigenvalue weighted by Crippen LogP contribution is 2.43. The molecule has 2 aliphatic rings. The van der Waals surface area contributed by atoms with Crippen LogP contribution in [0.15, 0.2) is 128 Å². The minimum atomic E-state index is -0.682. The molecule has 0 radical (unpaired) electrons. The summed E-state index contributed by atoms with van der Waals surface area (Å²) in [5.41, 5.74) is 8.77. The Morgan fingerprint density at radius 3 is 1.48 bits per heavy atom. The number of halogens is 1. The van der Waals surface area contributed by atoms with E-state index in [2.05, 4.69) is 64.2 Å². The standard InChI is InChI=1S/C31H33N5O4.C30H31FN6O4/c1-20-5-9-22(10-6-20)36-30(25-13-15-31(2,3)29(25)35-36)34-27(37)17-21-7-11-23(12-8-21)40-24-14-16-32-26(18-24)33-28(38)19-39-4;1-18-5-7-19(8-6-18)37-28(22-11-13-30(2,3)27(22)36-37)35-29(39)33-24-10-9-20(15-23(24)31)41-21-12-14-32-25(16-21)34-26(38)17-40-4/h5-12,14,16,18H,13,15,17,19H2,1-4H3,(H,34,37)(H,32,33,38);5-10,12,14-16H,11,13,17H2,1-4H3,(H,32,34,38)(H2,33,35,39). The Morgan fingerprint density at radius 1 is 0.543 bits per heavy atom. The monoisotopic (exact) mass is 1100 g/mol. The molecular formula is C61H64FN11O8. The minimum absolute atomic E-state index is 0.0181. The van der Waals surface area contributed by atoms with Crippen LogP contribution in [-0.4, -0.2) is 80.7 Å². The molecule has 81 heavy (non-hydrogen) atoms. The average molecular weight is 1100 g/mol. The highest BCUT2D eigenvalue weighted by Gasteiger charge is 2.38. The lowest BCUT2D eigenvalue weighted by Gasteiger charge is -2.16. The van der Waals surface area contributed by atoms with Crippen molar-refractivity contribution in [2.24, 2.45) is 0 Å². The third kappa shape index (κ3) is 13.8. The minimum Gasteiger partial charge on any atom is -0.457 e. The first kappa shape index (κ1) is 56.5. The summed E-state index contributed by atoms with van der Waals surface area (Å²) in [6.07, 6.45) is 6.79. The highest BCUT2D eigenvalue weighted by molar-refractivity contribution is 6.00. The van der Waals surface area contributed by atoms with Gasteiger partial charge < -0.3 is 40.2 Å². The molecule has 2 aliphatic carbocycles. The lowest BCUT2D eigenvalue weighted by atomic mass is 9.91. The van der Waals surface area contributed by atoms with Gasteiger partial charge >= 0.3 is 6.03 Å². The molecular weight excluding hydrogens is 1030 g/mol. The van der Waals surface area contributed by atoms with Crippen LogP contribution in [0.25, 0.3) is 11.4 Å². The first-order chi connectivity index (χ1) is 38.8. The van der Waals surface area contributed by atoms with Gasteiger partial charge in [0.25, 0.3) is 11.8 Å². The van der Waals surface area contributed by atoms with Gasteiger partial charge in [0.05, 0.1) is 34.9 Å². The zero-order valence-electron chi connectivity index (χ0n) is 46.4. The van der Waals surface area contributed by atoms with Gasteiger partial charge in [-0.25, -0.2) is 28.5 Å². The topological polar surface area (TPSA) is 227 Å². The number of methoxy groups -OCH3 is 2. The third-order valence-electron chi connectivity index (χ3n) is 13.8. The summed E-state index contributed by atoms with van der Waals surface area (Å²) in [6, 6.07) is 33.3. The van der Waals surface area contributed by atoms with Gasteiger partial charge in [-0.05, 0) is 106 Å². The molecule has 5 N–H and O–H groups in total. The van der Waals surface area contributed by atoms with Gasteiger partial charge in [-0.15, -0.1) is 0 Å². The zero-order valence-corrected chi connectivity index (χ0v) is 46.4. The predicted molar refractivity (Wildman–Crippen MR) is 307 cm³/mol. The second-order valence-electron chi connectivity index (χ2n) is 21.1. The predicted octanol–water partition coefficient (Wildman–Crippen LogP) is 11.3. The molecule has 0 aliphatic heterocycles. The molecule has 19 nitrogen and oxygen atoms in total. The lowest BCUT2D eigenvalue weighted by molar-refractivity contribution is -0.120. The van der Waals surface area contributed by atoms with Crippen LogP contribution in [0, 0.1) is 19.7 Å². The van der Waals surface area contributed by atoms with Crippen molar-refractivity contribution in [2.45, 2.75) is 84.5 Å². The van der Waals surface area contributed by atoms with Crippen LogP contribution in [0.3, 0.4) is 0 Å². The van der Waals surface area contributed by atoms with Gasteiger partial charge in [0, 0.05) is 66.8 Å². The molecule has 0 unspecified atom stereocenters. The smallest absolute Gasteiger partial charge is 0.324 e. The Kier molecular flexibility index (Phi) is 17.0. The molecule has 5 amide bonds. The number of amides is 5. The number of benzene rings is 4. The Morgan fingerprint density at radius 2 is 1.00 bits per heavy atom. The number of anilines is 5. The summed E-state index contributed by atoms with van der Waals surface area (Å²) in [4.78, 5) is 57.9. The maximum Gasteiger partial charge on any atom is 0.324 e.